The SMILES string of the molecule is CCCCCCC(CCCCCC)c1nc(C)no1. The molecular formula is C16H30N2O. The summed E-state index contributed by atoms with van der Waals surface area (Å²) in [5.41, 5.74) is 0. The van der Waals surface area contributed by atoms with Gasteiger partial charge in [0.2, 0.25) is 5.89 Å². The molecule has 3 nitrogen and oxygen atoms in total. The van der Waals surface area contributed by atoms with Gasteiger partial charge in [0.15, 0.2) is 5.82 Å². The van der Waals surface area contributed by atoms with Gasteiger partial charge in [-0.1, -0.05) is 70.4 Å². The van der Waals surface area contributed by atoms with Crippen LogP contribution in [0.25, 0.3) is 0 Å². The van der Waals surface area contributed by atoms with Gasteiger partial charge < -0.3 is 4.52 Å². The van der Waals surface area contributed by atoms with Gasteiger partial charge in [-0.2, -0.15) is 4.98 Å². The Morgan fingerprint density at radius 3 is 1.89 bits per heavy atom. The smallest absolute Gasteiger partial charge is 0.229 e. The summed E-state index contributed by atoms with van der Waals surface area (Å²) in [6, 6.07) is 0. The first-order chi connectivity index (χ1) is 9.27. The van der Waals surface area contributed by atoms with Gasteiger partial charge in [0, 0.05) is 5.92 Å². The van der Waals surface area contributed by atoms with Crippen LogP contribution in [0, 0.1) is 6.92 Å². The first-order valence-corrected chi connectivity index (χ1v) is 8.08. The van der Waals surface area contributed by atoms with Crippen LogP contribution in [0.1, 0.15) is 95.7 Å². The Morgan fingerprint density at radius 2 is 1.47 bits per heavy atom. The van der Waals surface area contributed by atoms with Gasteiger partial charge in [-0.15, -0.1) is 0 Å². The second-order valence-corrected chi connectivity index (χ2v) is 5.58. The summed E-state index contributed by atoms with van der Waals surface area (Å²) in [4.78, 5) is 4.43. The molecule has 0 aliphatic heterocycles. The maximum atomic E-state index is 5.38. The molecule has 0 spiro atoms. The van der Waals surface area contributed by atoms with Gasteiger partial charge in [0.05, 0.1) is 0 Å². The van der Waals surface area contributed by atoms with E-state index in [-0.39, 0.29) is 0 Å². The van der Waals surface area contributed by atoms with Crippen molar-refractivity contribution in [3.8, 4) is 0 Å². The number of rotatable bonds is 11. The lowest BCUT2D eigenvalue weighted by Crippen LogP contribution is -2.00. The Kier molecular flexibility index (Phi) is 8.52. The third-order valence-corrected chi connectivity index (χ3v) is 3.70. The largest absolute Gasteiger partial charge is 0.339 e. The fourth-order valence-corrected chi connectivity index (χ4v) is 2.51. The number of aromatic nitrogens is 2. The molecule has 0 saturated heterocycles. The van der Waals surface area contributed by atoms with Gasteiger partial charge in [0.1, 0.15) is 0 Å². The number of aryl methyl sites for hydroxylation is 1. The van der Waals surface area contributed by atoms with Gasteiger partial charge in [-0.05, 0) is 19.8 Å². The minimum Gasteiger partial charge on any atom is -0.339 e. The molecule has 0 aliphatic carbocycles. The molecule has 3 heteroatoms. The average Bonchev–Trinajstić information content (AvgIpc) is 2.83. The first kappa shape index (κ1) is 16.2. The Balaban J connectivity index is 2.38. The van der Waals surface area contributed by atoms with E-state index in [0.29, 0.717) is 5.92 Å². The zero-order chi connectivity index (χ0) is 13.9. The van der Waals surface area contributed by atoms with E-state index in [1.54, 1.807) is 0 Å². The third-order valence-electron chi connectivity index (χ3n) is 3.70. The van der Waals surface area contributed by atoms with Crippen LogP contribution in [-0.2, 0) is 0 Å². The maximum absolute atomic E-state index is 5.38. The summed E-state index contributed by atoms with van der Waals surface area (Å²) in [5.74, 6) is 2.11. The van der Waals surface area contributed by atoms with E-state index >= 15 is 0 Å². The van der Waals surface area contributed by atoms with Crippen LogP contribution in [0.15, 0.2) is 4.52 Å². The average molecular weight is 266 g/mol. The lowest BCUT2D eigenvalue weighted by Gasteiger charge is -2.12. The topological polar surface area (TPSA) is 38.9 Å². The zero-order valence-electron chi connectivity index (χ0n) is 13.0. The highest BCUT2D eigenvalue weighted by Gasteiger charge is 2.17. The van der Waals surface area contributed by atoms with E-state index in [2.05, 4.69) is 24.0 Å². The standard InChI is InChI=1S/C16H30N2O/c1-4-6-8-10-12-15(13-11-9-7-5-2)16-17-14(3)18-19-16/h15H,4-13H2,1-3H3. The van der Waals surface area contributed by atoms with Crippen molar-refractivity contribution in [2.75, 3.05) is 0 Å². The summed E-state index contributed by atoms with van der Waals surface area (Å²) in [6.45, 7) is 6.41. The first-order valence-electron chi connectivity index (χ1n) is 8.08. The highest BCUT2D eigenvalue weighted by Crippen LogP contribution is 2.27. The Morgan fingerprint density at radius 1 is 0.895 bits per heavy atom. The van der Waals surface area contributed by atoms with Crippen molar-refractivity contribution < 1.29 is 4.52 Å². The van der Waals surface area contributed by atoms with Crippen LogP contribution >= 0.6 is 0 Å². The minimum atomic E-state index is 0.481. The van der Waals surface area contributed by atoms with Gasteiger partial charge >= 0.3 is 0 Å². The molecule has 0 N–H and O–H groups in total. The van der Waals surface area contributed by atoms with Crippen molar-refractivity contribution in [3.63, 3.8) is 0 Å². The molecule has 0 radical (unpaired) electrons. The molecular weight excluding hydrogens is 236 g/mol. The Labute approximate surface area is 118 Å². The maximum Gasteiger partial charge on any atom is 0.229 e. The zero-order valence-corrected chi connectivity index (χ0v) is 13.0. The minimum absolute atomic E-state index is 0.481. The number of unbranched alkanes of at least 4 members (excludes halogenated alkanes) is 6. The van der Waals surface area contributed by atoms with Crippen LogP contribution in [0.2, 0.25) is 0 Å². The molecule has 1 rings (SSSR count). The van der Waals surface area contributed by atoms with E-state index in [9.17, 15) is 0 Å². The van der Waals surface area contributed by atoms with Gasteiger partial charge in [0.25, 0.3) is 0 Å². The highest BCUT2D eigenvalue weighted by molar-refractivity contribution is 4.92. The molecule has 0 saturated carbocycles. The van der Waals surface area contributed by atoms with Crippen LogP contribution < -0.4 is 0 Å². The van der Waals surface area contributed by atoms with E-state index in [1.165, 1.54) is 64.2 Å². The van der Waals surface area contributed by atoms with Gasteiger partial charge in [-0.25, -0.2) is 0 Å². The van der Waals surface area contributed by atoms with E-state index in [4.69, 9.17) is 4.52 Å². The highest BCUT2D eigenvalue weighted by atomic mass is 16.5. The fraction of sp³-hybridized carbons (Fsp3) is 0.875. The number of hydrogen-bond donors (Lipinski definition) is 0. The summed E-state index contributed by atoms with van der Waals surface area (Å²) in [6.07, 6.45) is 12.9. The molecule has 0 aromatic carbocycles. The molecule has 0 bridgehead atoms. The number of nitrogens with zero attached hydrogens (tertiary/aromatic N) is 2. The predicted molar refractivity (Wildman–Crippen MR) is 79.3 cm³/mol. The van der Waals surface area contributed by atoms with E-state index in [0.717, 1.165) is 11.7 Å². The summed E-state index contributed by atoms with van der Waals surface area (Å²) >= 11 is 0. The predicted octanol–water partition coefficient (Wildman–Crippen LogP) is 5.40. The molecule has 0 aliphatic rings. The molecule has 0 atom stereocenters. The quantitative estimate of drug-likeness (QED) is 0.503. The van der Waals surface area contributed by atoms with Crippen molar-refractivity contribution in [2.24, 2.45) is 0 Å². The van der Waals surface area contributed by atoms with Crippen molar-refractivity contribution in [1.82, 2.24) is 10.1 Å². The molecule has 1 heterocycles. The van der Waals surface area contributed by atoms with Crippen LogP contribution in [0.3, 0.4) is 0 Å². The normalized spacial score (nSPS) is 11.4. The molecule has 19 heavy (non-hydrogen) atoms. The molecule has 0 unspecified atom stereocenters. The van der Waals surface area contributed by atoms with Gasteiger partial charge in [-0.3, -0.25) is 0 Å². The van der Waals surface area contributed by atoms with E-state index < -0.39 is 0 Å². The van der Waals surface area contributed by atoms with Crippen molar-refractivity contribution in [2.45, 2.75) is 90.9 Å². The van der Waals surface area contributed by atoms with Crippen molar-refractivity contribution in [1.29, 1.82) is 0 Å². The second-order valence-electron chi connectivity index (χ2n) is 5.58. The summed E-state index contributed by atoms with van der Waals surface area (Å²) in [7, 11) is 0. The van der Waals surface area contributed by atoms with E-state index in [1.807, 2.05) is 6.92 Å². The van der Waals surface area contributed by atoms with Crippen LogP contribution in [0.4, 0.5) is 0 Å². The van der Waals surface area contributed by atoms with Crippen molar-refractivity contribution >= 4 is 0 Å². The third kappa shape index (κ3) is 6.74. The Bertz CT molecular complexity index is 310. The lowest BCUT2D eigenvalue weighted by molar-refractivity contribution is 0.328. The molecule has 1 aromatic rings. The number of hydrogen-bond acceptors (Lipinski definition) is 3. The lowest BCUT2D eigenvalue weighted by atomic mass is 9.94. The monoisotopic (exact) mass is 266 g/mol. The molecule has 0 amide bonds. The molecule has 1 aromatic heterocycles. The molecule has 0 fully saturated rings. The molecule has 110 valence electrons. The van der Waals surface area contributed by atoms with Crippen LogP contribution in [0.5, 0.6) is 0 Å². The summed E-state index contributed by atoms with van der Waals surface area (Å²) in [5, 5.41) is 3.94. The van der Waals surface area contributed by atoms with Crippen molar-refractivity contribution in [3.05, 3.63) is 11.7 Å². The van der Waals surface area contributed by atoms with Crippen LogP contribution in [-0.4, -0.2) is 10.1 Å². The second kappa shape index (κ2) is 9.99. The Hall–Kier alpha value is -0.860. The fourth-order valence-electron chi connectivity index (χ4n) is 2.51. The summed E-state index contributed by atoms with van der Waals surface area (Å²) < 4.78 is 5.38.